The van der Waals surface area contributed by atoms with E-state index in [0.29, 0.717) is 19.4 Å². The van der Waals surface area contributed by atoms with E-state index >= 15 is 0 Å². The number of hydrogen-bond acceptors (Lipinski definition) is 3. The summed E-state index contributed by atoms with van der Waals surface area (Å²) >= 11 is 0. The molecular weight excluding hydrogens is 336 g/mol. The highest BCUT2D eigenvalue weighted by Crippen LogP contribution is 2.11. The van der Waals surface area contributed by atoms with Crippen LogP contribution in [0.3, 0.4) is 0 Å². The maximum atomic E-state index is 11.8. The molecule has 0 aliphatic rings. The molecule has 5 nitrogen and oxygen atoms in total. The molecule has 6 heteroatoms. The number of sulfonamides is 1. The summed E-state index contributed by atoms with van der Waals surface area (Å²) < 4.78 is 26.1. The first-order chi connectivity index (χ1) is 11.9. The van der Waals surface area contributed by atoms with E-state index in [-0.39, 0.29) is 5.91 Å². The van der Waals surface area contributed by atoms with Gasteiger partial charge in [-0.2, -0.15) is 0 Å². The lowest BCUT2D eigenvalue weighted by Gasteiger charge is -2.10. The van der Waals surface area contributed by atoms with Gasteiger partial charge in [-0.3, -0.25) is 4.79 Å². The molecule has 1 amide bonds. The zero-order chi connectivity index (χ0) is 18.7. The summed E-state index contributed by atoms with van der Waals surface area (Å²) in [7, 11) is -3.25. The van der Waals surface area contributed by atoms with Crippen LogP contribution in [0.2, 0.25) is 0 Å². The lowest BCUT2D eigenvalue weighted by molar-refractivity contribution is -0.111. The van der Waals surface area contributed by atoms with Gasteiger partial charge in [-0.05, 0) is 56.4 Å². The van der Waals surface area contributed by atoms with Gasteiger partial charge in [-0.15, -0.1) is 0 Å². The number of nitrogens with one attached hydrogen (secondary N) is 2. The van der Waals surface area contributed by atoms with E-state index in [9.17, 15) is 13.2 Å². The number of benzene rings is 1. The molecule has 0 aliphatic heterocycles. The van der Waals surface area contributed by atoms with Gasteiger partial charge in [0.1, 0.15) is 0 Å². The average molecular weight is 367 g/mol. The third kappa shape index (κ3) is 8.31. The van der Waals surface area contributed by atoms with Gasteiger partial charge in [0.25, 0.3) is 0 Å². The molecule has 25 heavy (non-hydrogen) atoms. The number of anilines is 1. The first-order valence-electron chi connectivity index (χ1n) is 8.94. The minimum absolute atomic E-state index is 0.217. The van der Waals surface area contributed by atoms with Gasteiger partial charge in [0.05, 0.1) is 5.25 Å². The van der Waals surface area contributed by atoms with Gasteiger partial charge in [-0.25, -0.2) is 13.1 Å². The molecule has 0 bridgehead atoms. The normalized spacial score (nSPS) is 13.1. The van der Waals surface area contributed by atoms with E-state index in [0.717, 1.165) is 24.9 Å². The number of unbranched alkanes of at least 4 members (excludes halogenated alkanes) is 1. The number of carbonyl (C=O) groups excluding carboxylic acids is 1. The second-order valence-corrected chi connectivity index (χ2v) is 8.32. The summed E-state index contributed by atoms with van der Waals surface area (Å²) in [6.45, 7) is 5.97. The van der Waals surface area contributed by atoms with Crippen LogP contribution in [-0.2, 0) is 21.2 Å². The van der Waals surface area contributed by atoms with Crippen molar-refractivity contribution in [2.45, 2.75) is 58.1 Å². The SMILES string of the molecule is CCCCc1ccc(NC(=O)C=CCCNS(=O)(=O)C(C)CC)cc1. The maximum absolute atomic E-state index is 11.8. The molecule has 1 rings (SSSR count). The molecule has 0 spiro atoms. The minimum Gasteiger partial charge on any atom is -0.323 e. The summed E-state index contributed by atoms with van der Waals surface area (Å²) in [6.07, 6.45) is 7.53. The Hall–Kier alpha value is -1.66. The fraction of sp³-hybridized carbons (Fsp3) is 0.526. The van der Waals surface area contributed by atoms with Crippen molar-refractivity contribution >= 4 is 21.6 Å². The van der Waals surface area contributed by atoms with Crippen LogP contribution in [0.1, 0.15) is 52.0 Å². The summed E-state index contributed by atoms with van der Waals surface area (Å²) in [5, 5.41) is 2.39. The quantitative estimate of drug-likeness (QED) is 0.464. The van der Waals surface area contributed by atoms with Crippen LogP contribution in [0.15, 0.2) is 36.4 Å². The van der Waals surface area contributed by atoms with Crippen LogP contribution >= 0.6 is 0 Å². The summed E-state index contributed by atoms with van der Waals surface area (Å²) in [5.41, 5.74) is 2.02. The first-order valence-corrected chi connectivity index (χ1v) is 10.5. The molecule has 0 fully saturated rings. The lowest BCUT2D eigenvalue weighted by Crippen LogP contribution is -2.32. The van der Waals surface area contributed by atoms with Crippen LogP contribution in [0.25, 0.3) is 0 Å². The third-order valence-corrected chi connectivity index (χ3v) is 6.03. The molecule has 0 radical (unpaired) electrons. The Morgan fingerprint density at radius 1 is 1.20 bits per heavy atom. The molecule has 140 valence electrons. The Kier molecular flexibility index (Phi) is 9.45. The van der Waals surface area contributed by atoms with Gasteiger partial charge < -0.3 is 5.32 Å². The van der Waals surface area contributed by atoms with E-state index < -0.39 is 15.3 Å². The zero-order valence-corrected chi connectivity index (χ0v) is 16.2. The maximum Gasteiger partial charge on any atom is 0.248 e. The Bertz CT molecular complexity index is 652. The van der Waals surface area contributed by atoms with Crippen LogP contribution < -0.4 is 10.0 Å². The monoisotopic (exact) mass is 366 g/mol. The number of amides is 1. The summed E-state index contributed by atoms with van der Waals surface area (Å²) in [6, 6.07) is 7.85. The van der Waals surface area contributed by atoms with E-state index in [4.69, 9.17) is 0 Å². The van der Waals surface area contributed by atoms with Crippen LogP contribution in [0, 0.1) is 0 Å². The van der Waals surface area contributed by atoms with Gasteiger partial charge in [0.2, 0.25) is 15.9 Å². The Morgan fingerprint density at radius 3 is 2.48 bits per heavy atom. The summed E-state index contributed by atoms with van der Waals surface area (Å²) in [4.78, 5) is 11.8. The largest absolute Gasteiger partial charge is 0.323 e. The second kappa shape index (κ2) is 11.1. The van der Waals surface area contributed by atoms with Crippen molar-refractivity contribution in [2.24, 2.45) is 0 Å². The average Bonchev–Trinajstić information content (AvgIpc) is 2.60. The standard InChI is InChI=1S/C19H30N2O3S/c1-4-6-9-17-11-13-18(14-12-17)21-19(22)10-7-8-15-20-25(23,24)16(3)5-2/h7,10-14,16,20H,4-6,8-9,15H2,1-3H3,(H,21,22). The number of aryl methyl sites for hydroxylation is 1. The molecule has 1 aromatic rings. The molecule has 0 heterocycles. The van der Waals surface area contributed by atoms with Gasteiger partial charge in [-0.1, -0.05) is 38.5 Å². The molecule has 1 atom stereocenters. The predicted octanol–water partition coefficient (Wildman–Crippen LogP) is 3.63. The molecule has 1 aromatic carbocycles. The Morgan fingerprint density at radius 2 is 1.88 bits per heavy atom. The molecule has 0 aromatic heterocycles. The van der Waals surface area contributed by atoms with Crippen molar-refractivity contribution in [1.29, 1.82) is 0 Å². The molecule has 1 unspecified atom stereocenters. The minimum atomic E-state index is -3.25. The van der Waals surface area contributed by atoms with Crippen LogP contribution in [0.4, 0.5) is 5.69 Å². The van der Waals surface area contributed by atoms with Crippen molar-refractivity contribution in [3.05, 3.63) is 42.0 Å². The van der Waals surface area contributed by atoms with Gasteiger partial charge >= 0.3 is 0 Å². The molecular formula is C19H30N2O3S. The van der Waals surface area contributed by atoms with Crippen LogP contribution in [-0.4, -0.2) is 26.1 Å². The summed E-state index contributed by atoms with van der Waals surface area (Å²) in [5.74, 6) is -0.217. The predicted molar refractivity (Wildman–Crippen MR) is 104 cm³/mol. The van der Waals surface area contributed by atoms with Crippen molar-refractivity contribution in [3.63, 3.8) is 0 Å². The van der Waals surface area contributed by atoms with Crippen molar-refractivity contribution < 1.29 is 13.2 Å². The van der Waals surface area contributed by atoms with Crippen molar-refractivity contribution in [2.75, 3.05) is 11.9 Å². The number of rotatable bonds is 11. The topological polar surface area (TPSA) is 75.3 Å². The van der Waals surface area contributed by atoms with Gasteiger partial charge in [0.15, 0.2) is 0 Å². The Labute approximate surface area is 152 Å². The fourth-order valence-corrected chi connectivity index (χ4v) is 3.28. The highest BCUT2D eigenvalue weighted by Gasteiger charge is 2.17. The molecule has 0 aliphatic carbocycles. The van der Waals surface area contributed by atoms with E-state index in [1.807, 2.05) is 31.2 Å². The molecule has 0 saturated heterocycles. The number of carbonyl (C=O) groups is 1. The van der Waals surface area contributed by atoms with E-state index in [1.165, 1.54) is 11.6 Å². The van der Waals surface area contributed by atoms with Crippen LogP contribution in [0.5, 0.6) is 0 Å². The second-order valence-electron chi connectivity index (χ2n) is 6.14. The third-order valence-electron chi connectivity index (χ3n) is 4.03. The Balaban J connectivity index is 2.35. The van der Waals surface area contributed by atoms with Crippen molar-refractivity contribution in [1.82, 2.24) is 4.72 Å². The molecule has 2 N–H and O–H groups in total. The smallest absolute Gasteiger partial charge is 0.248 e. The lowest BCUT2D eigenvalue weighted by atomic mass is 10.1. The first kappa shape index (κ1) is 21.4. The molecule has 0 saturated carbocycles. The van der Waals surface area contributed by atoms with E-state index in [2.05, 4.69) is 17.0 Å². The fourth-order valence-electron chi connectivity index (χ4n) is 2.16. The zero-order valence-electron chi connectivity index (χ0n) is 15.4. The van der Waals surface area contributed by atoms with Crippen molar-refractivity contribution in [3.8, 4) is 0 Å². The highest BCUT2D eigenvalue weighted by molar-refractivity contribution is 7.90. The number of hydrogen-bond donors (Lipinski definition) is 2. The van der Waals surface area contributed by atoms with E-state index in [1.54, 1.807) is 13.0 Å². The van der Waals surface area contributed by atoms with Gasteiger partial charge in [0, 0.05) is 12.2 Å². The highest BCUT2D eigenvalue weighted by atomic mass is 32.2.